The van der Waals surface area contributed by atoms with Crippen LogP contribution in [0.3, 0.4) is 0 Å². The highest BCUT2D eigenvalue weighted by molar-refractivity contribution is 6.01. The molecule has 1 unspecified atom stereocenters. The average molecular weight is 322 g/mol. The van der Waals surface area contributed by atoms with Gasteiger partial charge in [-0.3, -0.25) is 14.4 Å². The molecule has 1 atom stereocenters. The van der Waals surface area contributed by atoms with Crippen molar-refractivity contribution in [2.75, 3.05) is 6.54 Å². The van der Waals surface area contributed by atoms with E-state index in [-0.39, 0.29) is 19.3 Å². The van der Waals surface area contributed by atoms with Crippen molar-refractivity contribution < 1.29 is 29.1 Å². The number of carbonyl (C=O) groups excluding carboxylic acids is 4. The molecule has 1 saturated heterocycles. The van der Waals surface area contributed by atoms with Crippen molar-refractivity contribution in [2.45, 2.75) is 50.5 Å². The molecule has 2 rings (SSSR count). The van der Waals surface area contributed by atoms with Crippen LogP contribution in [0.25, 0.3) is 0 Å². The molecule has 0 aromatic rings. The Balaban J connectivity index is 1.86. The molecule has 124 valence electrons. The van der Waals surface area contributed by atoms with Gasteiger partial charge in [-0.1, -0.05) is 18.3 Å². The third-order valence-electron chi connectivity index (χ3n) is 3.60. The largest absolute Gasteiger partial charge is 0.369 e. The Morgan fingerprint density at radius 3 is 2.61 bits per heavy atom. The predicted molar refractivity (Wildman–Crippen MR) is 76.0 cm³/mol. The highest BCUT2D eigenvalue weighted by Crippen LogP contribution is 2.18. The summed E-state index contributed by atoms with van der Waals surface area (Å²) in [4.78, 5) is 50.9. The second-order valence-corrected chi connectivity index (χ2v) is 5.45. The van der Waals surface area contributed by atoms with Gasteiger partial charge in [-0.2, -0.15) is 0 Å². The molecule has 8 nitrogen and oxygen atoms in total. The third-order valence-corrected chi connectivity index (χ3v) is 3.60. The molecule has 1 heterocycles. The highest BCUT2D eigenvalue weighted by Gasteiger charge is 2.35. The van der Waals surface area contributed by atoms with E-state index in [2.05, 4.69) is 22.0 Å². The number of imide groups is 1. The van der Waals surface area contributed by atoms with Crippen molar-refractivity contribution in [2.24, 2.45) is 0 Å². The first kappa shape index (κ1) is 17.0. The first-order valence-corrected chi connectivity index (χ1v) is 7.50. The Labute approximate surface area is 133 Å². The quantitative estimate of drug-likeness (QED) is 0.528. The molecule has 23 heavy (non-hydrogen) atoms. The van der Waals surface area contributed by atoms with Gasteiger partial charge in [0, 0.05) is 19.3 Å². The van der Waals surface area contributed by atoms with Gasteiger partial charge in [0.15, 0.2) is 0 Å². The fraction of sp³-hybridized carbons (Fsp3) is 0.600. The van der Waals surface area contributed by atoms with Crippen LogP contribution in [-0.4, -0.2) is 46.0 Å². The van der Waals surface area contributed by atoms with E-state index in [9.17, 15) is 24.3 Å². The van der Waals surface area contributed by atoms with E-state index in [1.165, 1.54) is 0 Å². The first-order chi connectivity index (χ1) is 10.9. The van der Waals surface area contributed by atoms with Gasteiger partial charge in [0.05, 0.1) is 0 Å². The van der Waals surface area contributed by atoms with Crippen molar-refractivity contribution in [3.63, 3.8) is 0 Å². The van der Waals surface area contributed by atoms with Crippen molar-refractivity contribution in [1.29, 1.82) is 0 Å². The third kappa shape index (κ3) is 4.29. The number of hydrogen-bond acceptors (Lipinski definition) is 6. The van der Waals surface area contributed by atoms with Crippen LogP contribution in [0.4, 0.5) is 0 Å². The standard InChI is InChI=1S/C15H18N2O6/c18-11-6-7-12(19)17(11)23-13(20)10-16-14(21)15(22)8-4-2-1-3-5-9-15/h22H,1-4,6-8,10H2,(H,16,21). The number of aliphatic hydroxyl groups is 1. The second kappa shape index (κ2) is 7.24. The lowest BCUT2D eigenvalue weighted by Gasteiger charge is -2.22. The van der Waals surface area contributed by atoms with Crippen LogP contribution >= 0.6 is 0 Å². The summed E-state index contributed by atoms with van der Waals surface area (Å²) in [7, 11) is 0. The van der Waals surface area contributed by atoms with Crippen molar-refractivity contribution in [3.8, 4) is 11.8 Å². The minimum Gasteiger partial charge on any atom is -0.369 e. The molecule has 1 aliphatic carbocycles. The summed E-state index contributed by atoms with van der Waals surface area (Å²) >= 11 is 0. The molecule has 0 aromatic carbocycles. The first-order valence-electron chi connectivity index (χ1n) is 7.50. The zero-order valence-electron chi connectivity index (χ0n) is 12.6. The van der Waals surface area contributed by atoms with Crippen LogP contribution < -0.4 is 5.32 Å². The monoisotopic (exact) mass is 322 g/mol. The van der Waals surface area contributed by atoms with Gasteiger partial charge in [0.2, 0.25) is 5.60 Å². The predicted octanol–water partition coefficient (Wildman–Crippen LogP) is -0.592. The molecule has 0 aromatic heterocycles. The summed E-state index contributed by atoms with van der Waals surface area (Å²) in [6.07, 6.45) is 3.22. The zero-order chi connectivity index (χ0) is 16.9. The summed E-state index contributed by atoms with van der Waals surface area (Å²) < 4.78 is 0. The van der Waals surface area contributed by atoms with Gasteiger partial charge in [-0.05, 0) is 19.3 Å². The van der Waals surface area contributed by atoms with Gasteiger partial charge in [0.1, 0.15) is 6.54 Å². The lowest BCUT2D eigenvalue weighted by atomic mass is 9.93. The molecule has 0 spiro atoms. The lowest BCUT2D eigenvalue weighted by molar-refractivity contribution is -0.196. The fourth-order valence-corrected chi connectivity index (χ4v) is 2.30. The zero-order valence-corrected chi connectivity index (χ0v) is 12.6. The summed E-state index contributed by atoms with van der Waals surface area (Å²) in [6.45, 7) is -0.570. The molecule has 2 N–H and O–H groups in total. The second-order valence-electron chi connectivity index (χ2n) is 5.45. The molecule has 2 aliphatic rings. The van der Waals surface area contributed by atoms with E-state index in [4.69, 9.17) is 0 Å². The Bertz CT molecular complexity index is 575. The van der Waals surface area contributed by atoms with Gasteiger partial charge < -0.3 is 15.3 Å². The number of carbonyl (C=O) groups is 4. The van der Waals surface area contributed by atoms with Crippen molar-refractivity contribution in [3.05, 3.63) is 0 Å². The van der Waals surface area contributed by atoms with Crippen molar-refractivity contribution >= 4 is 23.7 Å². The molecule has 3 amide bonds. The number of nitrogens with one attached hydrogen (secondary N) is 1. The van der Waals surface area contributed by atoms with Crippen LogP contribution in [0.15, 0.2) is 0 Å². The SMILES string of the molecule is O=C(CNC(=O)C1(O)C#CCCCCC1)ON1C(=O)CCC1=O. The minimum absolute atomic E-state index is 0.00614. The molecule has 0 bridgehead atoms. The van der Waals surface area contributed by atoms with Crippen LogP contribution in [0.5, 0.6) is 0 Å². The molecule has 0 saturated carbocycles. The molecule has 0 radical (unpaired) electrons. The fourth-order valence-electron chi connectivity index (χ4n) is 2.30. The molecule has 1 aliphatic heterocycles. The summed E-state index contributed by atoms with van der Waals surface area (Å²) in [5, 5.41) is 12.9. The van der Waals surface area contributed by atoms with Crippen LogP contribution in [-0.2, 0) is 24.0 Å². The van der Waals surface area contributed by atoms with E-state index in [0.717, 1.165) is 12.8 Å². The van der Waals surface area contributed by atoms with E-state index in [1.807, 2.05) is 0 Å². The number of hydrogen-bond donors (Lipinski definition) is 2. The average Bonchev–Trinajstić information content (AvgIpc) is 2.80. The summed E-state index contributed by atoms with van der Waals surface area (Å²) in [5.41, 5.74) is -1.83. The Kier molecular flexibility index (Phi) is 5.34. The maximum absolute atomic E-state index is 12.0. The Morgan fingerprint density at radius 1 is 1.22 bits per heavy atom. The van der Waals surface area contributed by atoms with Crippen LogP contribution in [0.2, 0.25) is 0 Å². The maximum Gasteiger partial charge on any atom is 0.352 e. The van der Waals surface area contributed by atoms with Crippen molar-refractivity contribution in [1.82, 2.24) is 10.4 Å². The van der Waals surface area contributed by atoms with Crippen LogP contribution in [0, 0.1) is 11.8 Å². The number of rotatable bonds is 4. The topological polar surface area (TPSA) is 113 Å². The minimum atomic E-state index is -1.83. The Hall–Kier alpha value is -2.40. The van der Waals surface area contributed by atoms with E-state index in [0.29, 0.717) is 17.9 Å². The molecular formula is C15H18N2O6. The number of nitrogens with zero attached hydrogens (tertiary/aromatic N) is 1. The van der Waals surface area contributed by atoms with Gasteiger partial charge in [0.25, 0.3) is 17.7 Å². The molecule has 8 heteroatoms. The smallest absolute Gasteiger partial charge is 0.352 e. The highest BCUT2D eigenvalue weighted by atomic mass is 16.7. The van der Waals surface area contributed by atoms with Gasteiger partial charge >= 0.3 is 5.97 Å². The van der Waals surface area contributed by atoms with Gasteiger partial charge in [-0.15, -0.1) is 5.06 Å². The van der Waals surface area contributed by atoms with E-state index >= 15 is 0 Å². The number of amides is 3. The maximum atomic E-state index is 12.0. The summed E-state index contributed by atoms with van der Waals surface area (Å²) in [5.74, 6) is 2.32. The summed E-state index contributed by atoms with van der Waals surface area (Å²) in [6, 6.07) is 0. The Morgan fingerprint density at radius 2 is 1.91 bits per heavy atom. The number of hydroxylamine groups is 2. The molecule has 1 fully saturated rings. The lowest BCUT2D eigenvalue weighted by Crippen LogP contribution is -2.48. The normalized spacial score (nSPS) is 24.3. The van der Waals surface area contributed by atoms with E-state index < -0.39 is 35.8 Å². The van der Waals surface area contributed by atoms with Gasteiger partial charge in [-0.25, -0.2) is 4.79 Å². The van der Waals surface area contributed by atoms with Crippen LogP contribution in [0.1, 0.15) is 44.9 Å². The molecular weight excluding hydrogens is 304 g/mol. The van der Waals surface area contributed by atoms with E-state index in [1.54, 1.807) is 0 Å².